The Kier molecular flexibility index (Phi) is 4.23. The highest BCUT2D eigenvalue weighted by Crippen LogP contribution is 2.32. The third-order valence-electron chi connectivity index (χ3n) is 3.75. The fourth-order valence-electron chi connectivity index (χ4n) is 2.50. The Balaban J connectivity index is 1.92. The molecule has 1 saturated carbocycles. The van der Waals surface area contributed by atoms with Crippen molar-refractivity contribution in [2.24, 2.45) is 5.92 Å². The van der Waals surface area contributed by atoms with Crippen LogP contribution in [-0.2, 0) is 4.79 Å². The zero-order chi connectivity index (χ0) is 14.8. The van der Waals surface area contributed by atoms with Crippen LogP contribution in [0.4, 0.5) is 14.5 Å². The fraction of sp³-hybridized carbons (Fsp3) is 0.500. The molecule has 0 saturated heterocycles. The fourth-order valence-corrected chi connectivity index (χ4v) is 2.50. The average molecular weight is 285 g/mol. The van der Waals surface area contributed by atoms with E-state index in [-0.39, 0.29) is 12.2 Å². The summed E-state index contributed by atoms with van der Waals surface area (Å²) in [5.74, 6) is -2.63. The van der Waals surface area contributed by atoms with Gasteiger partial charge in [-0.1, -0.05) is 0 Å². The number of aliphatic carboxylic acids is 1. The third kappa shape index (κ3) is 3.66. The molecule has 0 unspecified atom stereocenters. The average Bonchev–Trinajstić information content (AvgIpc) is 2.36. The second-order valence-corrected chi connectivity index (χ2v) is 5.35. The highest BCUT2D eigenvalue weighted by molar-refractivity contribution is 5.70. The van der Waals surface area contributed by atoms with E-state index in [1.807, 2.05) is 0 Å². The van der Waals surface area contributed by atoms with Gasteiger partial charge in [0.05, 0.1) is 11.5 Å². The summed E-state index contributed by atoms with van der Waals surface area (Å²) in [5, 5.41) is 22.0. The van der Waals surface area contributed by atoms with Crippen molar-refractivity contribution < 1.29 is 23.8 Å². The number of carboxylic acids is 1. The number of carboxylic acid groups (broad SMARTS) is 1. The summed E-state index contributed by atoms with van der Waals surface area (Å²) < 4.78 is 26.0. The van der Waals surface area contributed by atoms with Crippen LogP contribution in [0.3, 0.4) is 0 Å². The van der Waals surface area contributed by atoms with Crippen LogP contribution >= 0.6 is 0 Å². The van der Waals surface area contributed by atoms with E-state index in [9.17, 15) is 18.7 Å². The van der Waals surface area contributed by atoms with E-state index < -0.39 is 29.1 Å². The van der Waals surface area contributed by atoms with Gasteiger partial charge in [0.2, 0.25) is 0 Å². The molecule has 1 aromatic carbocycles. The molecule has 4 nitrogen and oxygen atoms in total. The summed E-state index contributed by atoms with van der Waals surface area (Å²) in [6.07, 6.45) is 1.53. The molecule has 0 bridgehead atoms. The minimum atomic E-state index is -1.03. The van der Waals surface area contributed by atoms with Crippen LogP contribution in [0.2, 0.25) is 0 Å². The van der Waals surface area contributed by atoms with Crippen LogP contribution in [-0.4, -0.2) is 28.3 Å². The lowest BCUT2D eigenvalue weighted by Gasteiger charge is -2.35. The number of nitrogens with one attached hydrogen (secondary N) is 1. The maximum Gasteiger partial charge on any atom is 0.306 e. The van der Waals surface area contributed by atoms with Crippen molar-refractivity contribution in [1.82, 2.24) is 0 Å². The molecule has 0 aromatic heterocycles. The van der Waals surface area contributed by atoms with Crippen molar-refractivity contribution in [3.63, 3.8) is 0 Å². The monoisotopic (exact) mass is 285 g/mol. The molecule has 3 N–H and O–H groups in total. The molecule has 1 aromatic rings. The molecular formula is C14H17F2NO3. The summed E-state index contributed by atoms with van der Waals surface area (Å²) in [6.45, 7) is 0.141. The Bertz CT molecular complexity index is 479. The van der Waals surface area contributed by atoms with Crippen molar-refractivity contribution in [3.05, 3.63) is 29.8 Å². The molecule has 6 heteroatoms. The minimum Gasteiger partial charge on any atom is -0.481 e. The summed E-state index contributed by atoms with van der Waals surface area (Å²) in [7, 11) is 0. The normalized spacial score (nSPS) is 26.2. The molecule has 2 rings (SSSR count). The summed E-state index contributed by atoms with van der Waals surface area (Å²) in [5.41, 5.74) is -0.773. The number of hydrogen-bond donors (Lipinski definition) is 3. The van der Waals surface area contributed by atoms with Crippen LogP contribution in [0.1, 0.15) is 25.7 Å². The zero-order valence-electron chi connectivity index (χ0n) is 10.9. The zero-order valence-corrected chi connectivity index (χ0v) is 10.9. The molecule has 1 aliphatic rings. The van der Waals surface area contributed by atoms with Gasteiger partial charge in [-0.15, -0.1) is 0 Å². The lowest BCUT2D eigenvalue weighted by atomic mass is 9.79. The number of benzene rings is 1. The summed E-state index contributed by atoms with van der Waals surface area (Å²) in [4.78, 5) is 10.8. The Morgan fingerprint density at radius 3 is 2.30 bits per heavy atom. The molecule has 0 amide bonds. The largest absolute Gasteiger partial charge is 0.481 e. The SMILES string of the molecule is O=C(O)C1CCC(O)(CNc2cc(F)cc(F)c2)CC1. The van der Waals surface area contributed by atoms with Gasteiger partial charge in [0, 0.05) is 18.3 Å². The van der Waals surface area contributed by atoms with E-state index in [4.69, 9.17) is 5.11 Å². The first-order chi connectivity index (χ1) is 9.38. The predicted molar refractivity (Wildman–Crippen MR) is 69.4 cm³/mol. The molecule has 0 radical (unpaired) electrons. The number of aliphatic hydroxyl groups is 1. The Labute approximate surface area is 115 Å². The molecular weight excluding hydrogens is 268 g/mol. The molecule has 0 aliphatic heterocycles. The molecule has 0 atom stereocenters. The van der Waals surface area contributed by atoms with Gasteiger partial charge >= 0.3 is 5.97 Å². The van der Waals surface area contributed by atoms with Gasteiger partial charge in [-0.25, -0.2) is 8.78 Å². The molecule has 0 spiro atoms. The van der Waals surface area contributed by atoms with E-state index in [0.717, 1.165) is 18.2 Å². The second kappa shape index (κ2) is 5.75. The van der Waals surface area contributed by atoms with Crippen LogP contribution in [0.15, 0.2) is 18.2 Å². The highest BCUT2D eigenvalue weighted by atomic mass is 19.1. The first-order valence-electron chi connectivity index (χ1n) is 6.53. The molecule has 1 fully saturated rings. The van der Waals surface area contributed by atoms with Gasteiger partial charge in [0.1, 0.15) is 11.6 Å². The first-order valence-corrected chi connectivity index (χ1v) is 6.53. The number of carbonyl (C=O) groups is 1. The number of rotatable bonds is 4. The number of hydrogen-bond acceptors (Lipinski definition) is 3. The van der Waals surface area contributed by atoms with Gasteiger partial charge in [-0.3, -0.25) is 4.79 Å². The van der Waals surface area contributed by atoms with Crippen molar-refractivity contribution in [3.8, 4) is 0 Å². The van der Waals surface area contributed by atoms with Crippen molar-refractivity contribution in [2.75, 3.05) is 11.9 Å². The van der Waals surface area contributed by atoms with Crippen LogP contribution in [0.5, 0.6) is 0 Å². The topological polar surface area (TPSA) is 69.6 Å². The number of halogens is 2. The van der Waals surface area contributed by atoms with E-state index in [0.29, 0.717) is 25.7 Å². The highest BCUT2D eigenvalue weighted by Gasteiger charge is 2.35. The minimum absolute atomic E-state index is 0.141. The maximum atomic E-state index is 13.0. The Hall–Kier alpha value is -1.69. The Morgan fingerprint density at radius 2 is 1.80 bits per heavy atom. The van der Waals surface area contributed by atoms with E-state index >= 15 is 0 Å². The molecule has 110 valence electrons. The number of anilines is 1. The lowest BCUT2D eigenvalue weighted by molar-refractivity contribution is -0.144. The van der Waals surface area contributed by atoms with Crippen LogP contribution in [0.25, 0.3) is 0 Å². The summed E-state index contributed by atoms with van der Waals surface area (Å²) >= 11 is 0. The summed E-state index contributed by atoms with van der Waals surface area (Å²) in [6, 6.07) is 3.07. The smallest absolute Gasteiger partial charge is 0.306 e. The molecule has 0 heterocycles. The van der Waals surface area contributed by atoms with Gasteiger partial charge in [-0.2, -0.15) is 0 Å². The predicted octanol–water partition coefficient (Wildman–Crippen LogP) is 2.38. The molecule has 20 heavy (non-hydrogen) atoms. The van der Waals surface area contributed by atoms with E-state index in [1.165, 1.54) is 0 Å². The van der Waals surface area contributed by atoms with Crippen LogP contribution in [0, 0.1) is 17.6 Å². The van der Waals surface area contributed by atoms with E-state index in [1.54, 1.807) is 0 Å². The maximum absolute atomic E-state index is 13.0. The van der Waals surface area contributed by atoms with Gasteiger partial charge in [-0.05, 0) is 37.8 Å². The van der Waals surface area contributed by atoms with Crippen molar-refractivity contribution in [2.45, 2.75) is 31.3 Å². The Morgan fingerprint density at radius 1 is 1.25 bits per heavy atom. The van der Waals surface area contributed by atoms with Crippen molar-refractivity contribution in [1.29, 1.82) is 0 Å². The van der Waals surface area contributed by atoms with Crippen molar-refractivity contribution >= 4 is 11.7 Å². The standard InChI is InChI=1S/C14H17F2NO3/c15-10-5-11(16)7-12(6-10)17-8-14(20)3-1-9(2-4-14)13(18)19/h5-7,9,17,20H,1-4,8H2,(H,18,19). The van der Waals surface area contributed by atoms with Gasteiger partial charge < -0.3 is 15.5 Å². The third-order valence-corrected chi connectivity index (χ3v) is 3.75. The van der Waals surface area contributed by atoms with Crippen LogP contribution < -0.4 is 5.32 Å². The van der Waals surface area contributed by atoms with E-state index in [2.05, 4.69) is 5.32 Å². The second-order valence-electron chi connectivity index (χ2n) is 5.35. The quantitative estimate of drug-likeness (QED) is 0.794. The first kappa shape index (κ1) is 14.7. The molecule has 1 aliphatic carbocycles. The van der Waals surface area contributed by atoms with Gasteiger partial charge in [0.15, 0.2) is 0 Å². The van der Waals surface area contributed by atoms with Gasteiger partial charge in [0.25, 0.3) is 0 Å². The lowest BCUT2D eigenvalue weighted by Crippen LogP contribution is -2.41.